The lowest BCUT2D eigenvalue weighted by Crippen LogP contribution is -2.26. The van der Waals surface area contributed by atoms with Crippen LogP contribution in [0.3, 0.4) is 0 Å². The molecule has 0 aliphatic carbocycles. The van der Waals surface area contributed by atoms with Gasteiger partial charge in [-0.15, -0.1) is 0 Å². The van der Waals surface area contributed by atoms with Gasteiger partial charge in [-0.25, -0.2) is 9.37 Å². The molecule has 1 saturated heterocycles. The van der Waals surface area contributed by atoms with Crippen molar-refractivity contribution in [2.24, 2.45) is 0 Å². The fourth-order valence-electron chi connectivity index (χ4n) is 3.15. The number of nitrogens with zero attached hydrogens (tertiary/aromatic N) is 2. The molecular weight excluding hydrogens is 307 g/mol. The van der Waals surface area contributed by atoms with E-state index >= 15 is 0 Å². The maximum absolute atomic E-state index is 14.0. The standard InChI is InChI=1S/C19H15FN2O2/c20-17-4-2-1-3-15(17)16-9-10-22(19(16)23)14-7-5-13(6-8-14)18-11-21-12-24-18/h1-8,11-12,16H,9-10H2/t16-/m1/s1. The zero-order valence-electron chi connectivity index (χ0n) is 12.9. The van der Waals surface area contributed by atoms with E-state index in [-0.39, 0.29) is 11.7 Å². The van der Waals surface area contributed by atoms with E-state index in [1.54, 1.807) is 29.3 Å². The Morgan fingerprint density at radius 1 is 1.12 bits per heavy atom. The average Bonchev–Trinajstić information content (AvgIpc) is 3.26. The van der Waals surface area contributed by atoms with Crippen molar-refractivity contribution in [2.45, 2.75) is 12.3 Å². The lowest BCUT2D eigenvalue weighted by Gasteiger charge is -2.17. The minimum atomic E-state index is -0.417. The first-order valence-electron chi connectivity index (χ1n) is 7.79. The van der Waals surface area contributed by atoms with Gasteiger partial charge in [0.25, 0.3) is 0 Å². The van der Waals surface area contributed by atoms with Crippen LogP contribution in [0, 0.1) is 5.82 Å². The minimum absolute atomic E-state index is 0.0625. The smallest absolute Gasteiger partial charge is 0.234 e. The number of benzene rings is 2. The Hall–Kier alpha value is -2.95. The second-order valence-corrected chi connectivity index (χ2v) is 5.77. The Labute approximate surface area is 138 Å². The predicted octanol–water partition coefficient (Wildman–Crippen LogP) is 4.00. The van der Waals surface area contributed by atoms with Gasteiger partial charge in [-0.2, -0.15) is 0 Å². The highest BCUT2D eigenvalue weighted by Crippen LogP contribution is 2.34. The molecule has 5 heteroatoms. The number of hydrogen-bond donors (Lipinski definition) is 0. The summed E-state index contributed by atoms with van der Waals surface area (Å²) in [5.41, 5.74) is 2.18. The van der Waals surface area contributed by atoms with Crippen LogP contribution in [0.25, 0.3) is 11.3 Å². The Kier molecular flexibility index (Phi) is 3.61. The van der Waals surface area contributed by atoms with Crippen LogP contribution in [0.5, 0.6) is 0 Å². The number of anilines is 1. The second-order valence-electron chi connectivity index (χ2n) is 5.77. The summed E-state index contributed by atoms with van der Waals surface area (Å²) in [5.74, 6) is -0.121. The van der Waals surface area contributed by atoms with Crippen molar-refractivity contribution >= 4 is 11.6 Å². The molecule has 0 N–H and O–H groups in total. The molecule has 1 atom stereocenters. The Morgan fingerprint density at radius 2 is 1.92 bits per heavy atom. The van der Waals surface area contributed by atoms with Gasteiger partial charge in [0.05, 0.1) is 12.1 Å². The molecule has 0 saturated carbocycles. The van der Waals surface area contributed by atoms with Crippen molar-refractivity contribution in [2.75, 3.05) is 11.4 Å². The maximum Gasteiger partial charge on any atom is 0.234 e. The van der Waals surface area contributed by atoms with Gasteiger partial charge in [0, 0.05) is 23.4 Å². The molecule has 0 spiro atoms. The molecule has 1 amide bonds. The number of oxazole rings is 1. The first-order valence-corrected chi connectivity index (χ1v) is 7.79. The molecular formula is C19H15FN2O2. The third-order valence-electron chi connectivity index (χ3n) is 4.38. The van der Waals surface area contributed by atoms with E-state index < -0.39 is 5.92 Å². The van der Waals surface area contributed by atoms with E-state index in [2.05, 4.69) is 4.98 Å². The fraction of sp³-hybridized carbons (Fsp3) is 0.158. The molecule has 2 heterocycles. The van der Waals surface area contributed by atoms with Crippen LogP contribution in [0.15, 0.2) is 65.5 Å². The summed E-state index contributed by atoms with van der Waals surface area (Å²) in [6.07, 6.45) is 3.64. The van der Waals surface area contributed by atoms with Gasteiger partial charge in [-0.3, -0.25) is 4.79 Å². The van der Waals surface area contributed by atoms with E-state index in [0.717, 1.165) is 11.3 Å². The molecule has 1 fully saturated rings. The van der Waals surface area contributed by atoms with Crippen LogP contribution < -0.4 is 4.90 Å². The lowest BCUT2D eigenvalue weighted by atomic mass is 9.97. The van der Waals surface area contributed by atoms with Crippen molar-refractivity contribution in [3.8, 4) is 11.3 Å². The van der Waals surface area contributed by atoms with Crippen molar-refractivity contribution < 1.29 is 13.6 Å². The van der Waals surface area contributed by atoms with Gasteiger partial charge in [-0.1, -0.05) is 18.2 Å². The molecule has 0 bridgehead atoms. The summed E-state index contributed by atoms with van der Waals surface area (Å²) >= 11 is 0. The van der Waals surface area contributed by atoms with Crippen LogP contribution >= 0.6 is 0 Å². The number of carbonyl (C=O) groups is 1. The van der Waals surface area contributed by atoms with Crippen LogP contribution in [-0.2, 0) is 4.79 Å². The normalized spacial score (nSPS) is 17.5. The molecule has 1 aliphatic heterocycles. The number of amides is 1. The Bertz CT molecular complexity index is 859. The number of rotatable bonds is 3. The van der Waals surface area contributed by atoms with Crippen LogP contribution in [0.1, 0.15) is 17.9 Å². The summed E-state index contributed by atoms with van der Waals surface area (Å²) in [6, 6.07) is 14.0. The van der Waals surface area contributed by atoms with Gasteiger partial charge in [0.1, 0.15) is 5.82 Å². The quantitative estimate of drug-likeness (QED) is 0.732. The highest BCUT2D eigenvalue weighted by atomic mass is 19.1. The Morgan fingerprint density at radius 3 is 2.62 bits per heavy atom. The monoisotopic (exact) mass is 322 g/mol. The van der Waals surface area contributed by atoms with Crippen LogP contribution in [0.4, 0.5) is 10.1 Å². The summed E-state index contributed by atoms with van der Waals surface area (Å²) in [4.78, 5) is 18.3. The molecule has 120 valence electrons. The van der Waals surface area contributed by atoms with Crippen LogP contribution in [-0.4, -0.2) is 17.4 Å². The van der Waals surface area contributed by atoms with E-state index in [4.69, 9.17) is 4.42 Å². The fourth-order valence-corrected chi connectivity index (χ4v) is 3.15. The summed E-state index contributed by atoms with van der Waals surface area (Å²) in [5, 5.41) is 0. The van der Waals surface area contributed by atoms with Crippen molar-refractivity contribution in [1.29, 1.82) is 0 Å². The molecule has 4 nitrogen and oxygen atoms in total. The van der Waals surface area contributed by atoms with E-state index in [9.17, 15) is 9.18 Å². The van der Waals surface area contributed by atoms with Gasteiger partial charge < -0.3 is 9.32 Å². The van der Waals surface area contributed by atoms with E-state index in [1.807, 2.05) is 24.3 Å². The van der Waals surface area contributed by atoms with Gasteiger partial charge in [0.15, 0.2) is 12.2 Å². The first kappa shape index (κ1) is 14.6. The first-order chi connectivity index (χ1) is 11.7. The molecule has 0 radical (unpaired) electrons. The third-order valence-corrected chi connectivity index (χ3v) is 4.38. The highest BCUT2D eigenvalue weighted by molar-refractivity contribution is 6.00. The molecule has 1 aromatic heterocycles. The summed E-state index contributed by atoms with van der Waals surface area (Å²) in [7, 11) is 0. The largest absolute Gasteiger partial charge is 0.444 e. The molecule has 2 aromatic carbocycles. The molecule has 1 aliphatic rings. The van der Waals surface area contributed by atoms with E-state index in [0.29, 0.717) is 24.3 Å². The SMILES string of the molecule is O=C1[C@@H](c2ccccc2F)CCN1c1ccc(-c2cnco2)cc1. The predicted molar refractivity (Wildman–Crippen MR) is 88.1 cm³/mol. The number of hydrogen-bond acceptors (Lipinski definition) is 3. The second kappa shape index (κ2) is 5.92. The Balaban J connectivity index is 1.58. The van der Waals surface area contributed by atoms with E-state index in [1.165, 1.54) is 12.5 Å². The van der Waals surface area contributed by atoms with Crippen molar-refractivity contribution in [3.63, 3.8) is 0 Å². The topological polar surface area (TPSA) is 46.3 Å². The molecule has 4 rings (SSSR count). The number of aromatic nitrogens is 1. The highest BCUT2D eigenvalue weighted by Gasteiger charge is 2.34. The zero-order valence-corrected chi connectivity index (χ0v) is 12.9. The average molecular weight is 322 g/mol. The molecule has 24 heavy (non-hydrogen) atoms. The maximum atomic E-state index is 14.0. The minimum Gasteiger partial charge on any atom is -0.444 e. The zero-order chi connectivity index (χ0) is 16.5. The summed E-state index contributed by atoms with van der Waals surface area (Å²) < 4.78 is 19.2. The van der Waals surface area contributed by atoms with Gasteiger partial charge in [-0.05, 0) is 36.8 Å². The third kappa shape index (κ3) is 2.48. The number of carbonyl (C=O) groups excluding carboxylic acids is 1. The summed E-state index contributed by atoms with van der Waals surface area (Å²) in [6.45, 7) is 0.583. The van der Waals surface area contributed by atoms with Crippen molar-refractivity contribution in [3.05, 3.63) is 72.5 Å². The number of halogens is 1. The van der Waals surface area contributed by atoms with Crippen LogP contribution in [0.2, 0.25) is 0 Å². The molecule has 0 unspecified atom stereocenters. The lowest BCUT2D eigenvalue weighted by molar-refractivity contribution is -0.118. The van der Waals surface area contributed by atoms with Gasteiger partial charge in [0.2, 0.25) is 5.91 Å². The van der Waals surface area contributed by atoms with Gasteiger partial charge >= 0.3 is 0 Å². The molecule has 3 aromatic rings. The van der Waals surface area contributed by atoms with Crippen molar-refractivity contribution in [1.82, 2.24) is 4.98 Å².